The molecule has 0 aliphatic rings. The molecule has 0 aliphatic heterocycles. The zero-order chi connectivity index (χ0) is 18.2. The third-order valence-electron chi connectivity index (χ3n) is 3.11. The van der Waals surface area contributed by atoms with Gasteiger partial charge in [-0.25, -0.2) is 0 Å². The van der Waals surface area contributed by atoms with Crippen molar-refractivity contribution >= 4 is 33.8 Å². The lowest BCUT2D eigenvalue weighted by atomic mass is 10.2. The fourth-order valence-electron chi connectivity index (χ4n) is 1.97. The summed E-state index contributed by atoms with van der Waals surface area (Å²) in [7, 11) is 1.52. The molecule has 0 fully saturated rings. The van der Waals surface area contributed by atoms with E-state index in [1.165, 1.54) is 7.11 Å². The molecule has 8 heteroatoms. The van der Waals surface area contributed by atoms with Gasteiger partial charge in [-0.3, -0.25) is 20.4 Å². The molecular weight excluding hydrogens is 390 g/mol. The number of hydrazine groups is 1. The number of carbonyl (C=O) groups is 2. The maximum atomic E-state index is 11.8. The molecule has 0 radical (unpaired) electrons. The van der Waals surface area contributed by atoms with Gasteiger partial charge in [0.25, 0.3) is 11.8 Å². The Hall–Kier alpha value is -2.74. The Bertz CT molecular complexity index is 786. The molecule has 0 saturated carbocycles. The predicted molar refractivity (Wildman–Crippen MR) is 97.3 cm³/mol. The Kier molecular flexibility index (Phi) is 6.64. The molecule has 2 aromatic rings. The van der Waals surface area contributed by atoms with Gasteiger partial charge in [0.05, 0.1) is 7.11 Å². The van der Waals surface area contributed by atoms with Crippen molar-refractivity contribution in [3.8, 4) is 11.5 Å². The molecule has 25 heavy (non-hydrogen) atoms. The van der Waals surface area contributed by atoms with Gasteiger partial charge in [-0.1, -0.05) is 18.2 Å². The highest BCUT2D eigenvalue weighted by Crippen LogP contribution is 2.28. The zero-order valence-electron chi connectivity index (χ0n) is 13.8. The van der Waals surface area contributed by atoms with Crippen molar-refractivity contribution in [1.29, 1.82) is 0 Å². The number of methoxy groups -OCH3 is 1. The number of halogens is 1. The van der Waals surface area contributed by atoms with Gasteiger partial charge in [0.1, 0.15) is 5.69 Å². The number of hydrogen-bond donors (Lipinski definition) is 3. The second kappa shape index (κ2) is 8.93. The minimum absolute atomic E-state index is 0.270. The van der Waals surface area contributed by atoms with Gasteiger partial charge in [-0.2, -0.15) is 0 Å². The first kappa shape index (κ1) is 18.6. The smallest absolute Gasteiger partial charge is 0.286 e. The van der Waals surface area contributed by atoms with Crippen LogP contribution in [0.3, 0.4) is 0 Å². The first-order valence-corrected chi connectivity index (χ1v) is 8.19. The Morgan fingerprint density at radius 3 is 2.68 bits per heavy atom. The monoisotopic (exact) mass is 407 g/mol. The maximum absolute atomic E-state index is 11.8. The number of aromatic nitrogens is 1. The van der Waals surface area contributed by atoms with Crippen LogP contribution < -0.4 is 20.3 Å². The fourth-order valence-corrected chi connectivity index (χ4v) is 2.32. The number of benzene rings is 1. The Labute approximate surface area is 153 Å². The molecule has 132 valence electrons. The van der Waals surface area contributed by atoms with Gasteiger partial charge in [-0.15, -0.1) is 0 Å². The normalized spacial score (nSPS) is 10.5. The number of aromatic amines is 1. The maximum Gasteiger partial charge on any atom is 0.286 e. The van der Waals surface area contributed by atoms with E-state index >= 15 is 0 Å². The fraction of sp³-hybridized carbons (Fsp3) is 0.176. The van der Waals surface area contributed by atoms with Crippen LogP contribution in [0.4, 0.5) is 0 Å². The highest BCUT2D eigenvalue weighted by molar-refractivity contribution is 9.10. The van der Waals surface area contributed by atoms with E-state index in [4.69, 9.17) is 9.47 Å². The minimum Gasteiger partial charge on any atom is -0.493 e. The summed E-state index contributed by atoms with van der Waals surface area (Å²) >= 11 is 3.22. The summed E-state index contributed by atoms with van der Waals surface area (Å²) in [6.07, 6.45) is 5.45. The number of amides is 2. The van der Waals surface area contributed by atoms with Crippen LogP contribution in [-0.2, 0) is 4.79 Å². The lowest BCUT2D eigenvalue weighted by Crippen LogP contribution is -2.43. The molecule has 1 aromatic carbocycles. The number of allylic oxidation sites excluding steroid dienone is 1. The average molecular weight is 408 g/mol. The molecule has 0 atom stereocenters. The van der Waals surface area contributed by atoms with Gasteiger partial charge >= 0.3 is 0 Å². The number of carbonyl (C=O) groups excluding carboxylic acids is 2. The van der Waals surface area contributed by atoms with Gasteiger partial charge < -0.3 is 14.5 Å². The summed E-state index contributed by atoms with van der Waals surface area (Å²) in [5.74, 6) is -0.0138. The summed E-state index contributed by atoms with van der Waals surface area (Å²) in [6.45, 7) is 1.65. The average Bonchev–Trinajstić information content (AvgIpc) is 3.05. The first-order chi connectivity index (χ1) is 12.0. The van der Waals surface area contributed by atoms with E-state index in [2.05, 4.69) is 31.8 Å². The quantitative estimate of drug-likeness (QED) is 0.641. The lowest BCUT2D eigenvalue weighted by molar-refractivity contribution is -0.123. The van der Waals surface area contributed by atoms with Crippen LogP contribution in [0.25, 0.3) is 6.08 Å². The Morgan fingerprint density at radius 1 is 1.24 bits per heavy atom. The number of H-pyrrole nitrogens is 1. The van der Waals surface area contributed by atoms with Crippen LogP contribution in [0.2, 0.25) is 0 Å². The third-order valence-corrected chi connectivity index (χ3v) is 3.57. The van der Waals surface area contributed by atoms with Crippen LogP contribution in [0.1, 0.15) is 23.0 Å². The van der Waals surface area contributed by atoms with E-state index in [1.807, 2.05) is 25.1 Å². The van der Waals surface area contributed by atoms with Gasteiger partial charge in [0, 0.05) is 10.7 Å². The second-order valence-corrected chi connectivity index (χ2v) is 5.85. The molecule has 0 unspecified atom stereocenters. The van der Waals surface area contributed by atoms with E-state index in [9.17, 15) is 9.59 Å². The summed E-state index contributed by atoms with van der Waals surface area (Å²) in [6, 6.07) is 6.96. The van der Waals surface area contributed by atoms with Crippen LogP contribution in [0.15, 0.2) is 41.0 Å². The van der Waals surface area contributed by atoms with Crippen molar-refractivity contribution in [3.05, 3.63) is 52.3 Å². The van der Waals surface area contributed by atoms with Crippen LogP contribution in [0, 0.1) is 0 Å². The number of rotatable bonds is 6. The SMILES string of the molecule is C/C=C/c1ccc(OCC(=O)NNC(=O)c2cc(Br)c[nH]2)c(OC)c1. The van der Waals surface area contributed by atoms with Gasteiger partial charge in [0.15, 0.2) is 18.1 Å². The molecule has 1 aromatic heterocycles. The molecule has 2 rings (SSSR count). The Morgan fingerprint density at radius 2 is 2.04 bits per heavy atom. The predicted octanol–water partition coefficient (Wildman–Crippen LogP) is 2.66. The standard InChI is InChI=1S/C17H18BrN3O4/c1-3-4-11-5-6-14(15(7-11)24-2)25-10-16(22)20-21-17(23)13-8-12(18)9-19-13/h3-9,19H,10H2,1-2H3,(H,20,22)(H,21,23)/b4-3+. The van der Waals surface area contributed by atoms with E-state index in [0.717, 1.165) is 10.0 Å². The molecule has 3 N–H and O–H groups in total. The van der Waals surface area contributed by atoms with E-state index < -0.39 is 11.8 Å². The molecule has 1 heterocycles. The lowest BCUT2D eigenvalue weighted by Gasteiger charge is -2.11. The van der Waals surface area contributed by atoms with Crippen molar-refractivity contribution in [2.24, 2.45) is 0 Å². The number of hydrogen-bond acceptors (Lipinski definition) is 4. The number of nitrogens with one attached hydrogen (secondary N) is 3. The zero-order valence-corrected chi connectivity index (χ0v) is 15.3. The molecule has 2 amide bonds. The van der Waals surface area contributed by atoms with Crippen molar-refractivity contribution in [2.75, 3.05) is 13.7 Å². The van der Waals surface area contributed by atoms with Crippen molar-refractivity contribution < 1.29 is 19.1 Å². The van der Waals surface area contributed by atoms with Crippen molar-refractivity contribution in [2.45, 2.75) is 6.92 Å². The number of ether oxygens (including phenoxy) is 2. The van der Waals surface area contributed by atoms with Crippen molar-refractivity contribution in [1.82, 2.24) is 15.8 Å². The van der Waals surface area contributed by atoms with Crippen LogP contribution in [0.5, 0.6) is 11.5 Å². The van der Waals surface area contributed by atoms with E-state index in [0.29, 0.717) is 17.2 Å². The minimum atomic E-state index is -0.501. The molecular formula is C17H18BrN3O4. The second-order valence-electron chi connectivity index (χ2n) is 4.93. The van der Waals surface area contributed by atoms with Crippen LogP contribution in [-0.4, -0.2) is 30.5 Å². The van der Waals surface area contributed by atoms with E-state index in [-0.39, 0.29) is 6.61 Å². The molecule has 0 saturated heterocycles. The summed E-state index contributed by atoms with van der Waals surface area (Å²) in [4.78, 5) is 26.3. The molecule has 0 bridgehead atoms. The summed E-state index contributed by atoms with van der Waals surface area (Å²) in [5.41, 5.74) is 5.84. The first-order valence-electron chi connectivity index (χ1n) is 7.40. The molecule has 0 spiro atoms. The topological polar surface area (TPSA) is 92.5 Å². The van der Waals surface area contributed by atoms with Gasteiger partial charge in [0.2, 0.25) is 0 Å². The third kappa shape index (κ3) is 5.39. The molecule has 7 nitrogen and oxygen atoms in total. The summed E-state index contributed by atoms with van der Waals surface area (Å²) < 4.78 is 11.4. The largest absolute Gasteiger partial charge is 0.493 e. The molecule has 0 aliphatic carbocycles. The van der Waals surface area contributed by atoms with Crippen LogP contribution >= 0.6 is 15.9 Å². The highest BCUT2D eigenvalue weighted by Gasteiger charge is 2.11. The van der Waals surface area contributed by atoms with Crippen molar-refractivity contribution in [3.63, 3.8) is 0 Å². The van der Waals surface area contributed by atoms with Gasteiger partial charge in [-0.05, 0) is 46.6 Å². The highest BCUT2D eigenvalue weighted by atomic mass is 79.9. The summed E-state index contributed by atoms with van der Waals surface area (Å²) in [5, 5.41) is 0. The van der Waals surface area contributed by atoms with E-state index in [1.54, 1.807) is 24.4 Å². The Balaban J connectivity index is 1.86.